The molecular weight excluding hydrogens is 284 g/mol. The lowest BCUT2D eigenvalue weighted by Gasteiger charge is -2.20. The fourth-order valence-corrected chi connectivity index (χ4v) is 4.22. The quantitative estimate of drug-likeness (QED) is 0.804. The maximum absolute atomic E-state index is 12.1. The predicted molar refractivity (Wildman–Crippen MR) is 82.6 cm³/mol. The zero-order chi connectivity index (χ0) is 14.2. The highest BCUT2D eigenvalue weighted by Gasteiger charge is 2.31. The van der Waals surface area contributed by atoms with Crippen molar-refractivity contribution < 1.29 is 9.32 Å². The Kier molecular flexibility index (Phi) is 3.16. The minimum absolute atomic E-state index is 0.250. The molecule has 5 heteroatoms. The summed E-state index contributed by atoms with van der Waals surface area (Å²) in [5.74, 6) is -0.250. The molecule has 0 spiro atoms. The first-order valence-corrected chi connectivity index (χ1v) is 8.17. The van der Waals surface area contributed by atoms with Crippen LogP contribution in [0.4, 0.5) is 0 Å². The molecule has 0 bridgehead atoms. The Bertz CT molecular complexity index is 803. The first-order chi connectivity index (χ1) is 10.3. The molecule has 1 aliphatic rings. The third-order valence-electron chi connectivity index (χ3n) is 4.31. The number of para-hydroxylation sites is 2. The average molecular weight is 301 g/mol. The summed E-state index contributed by atoms with van der Waals surface area (Å²) < 4.78 is 7.11. The number of fused-ring (bicyclic) bond motifs is 1. The molecule has 2 aromatic heterocycles. The van der Waals surface area contributed by atoms with Crippen molar-refractivity contribution in [1.29, 1.82) is 0 Å². The van der Waals surface area contributed by atoms with E-state index in [1.807, 2.05) is 35.6 Å². The smallest absolute Gasteiger partial charge is 0.408 e. The van der Waals surface area contributed by atoms with Gasteiger partial charge in [0.05, 0.1) is 16.9 Å². The molecule has 1 saturated heterocycles. The van der Waals surface area contributed by atoms with Crippen molar-refractivity contribution in [1.82, 2.24) is 4.57 Å². The number of benzene rings is 1. The summed E-state index contributed by atoms with van der Waals surface area (Å²) in [6.45, 7) is 1.78. The Morgan fingerprint density at radius 2 is 2.19 bits per heavy atom. The number of hydrogen-bond acceptors (Lipinski definition) is 3. The Hall–Kier alpha value is -1.85. The zero-order valence-electron chi connectivity index (χ0n) is 11.6. The van der Waals surface area contributed by atoms with E-state index in [1.54, 1.807) is 4.57 Å². The lowest BCUT2D eigenvalue weighted by atomic mass is 10.2. The first-order valence-electron chi connectivity index (χ1n) is 7.29. The Labute approximate surface area is 126 Å². The Morgan fingerprint density at radius 3 is 3.05 bits per heavy atom. The third-order valence-corrected chi connectivity index (χ3v) is 5.29. The summed E-state index contributed by atoms with van der Waals surface area (Å²) in [5, 5.41) is 2.13. The lowest BCUT2D eigenvalue weighted by Crippen LogP contribution is -3.09. The van der Waals surface area contributed by atoms with Crippen molar-refractivity contribution in [3.05, 3.63) is 57.2 Å². The van der Waals surface area contributed by atoms with Gasteiger partial charge in [-0.2, -0.15) is 0 Å². The number of oxazole rings is 1. The van der Waals surface area contributed by atoms with Gasteiger partial charge in [-0.3, -0.25) is 0 Å². The summed E-state index contributed by atoms with van der Waals surface area (Å²) in [5.41, 5.74) is 1.57. The summed E-state index contributed by atoms with van der Waals surface area (Å²) in [7, 11) is 0. The number of nitrogens with one attached hydrogen (secondary N) is 1. The number of quaternary nitrogens is 1. The fraction of sp³-hybridized carbons (Fsp3) is 0.312. The van der Waals surface area contributed by atoms with Gasteiger partial charge in [0.2, 0.25) is 0 Å². The van der Waals surface area contributed by atoms with Crippen molar-refractivity contribution in [3.63, 3.8) is 0 Å². The maximum Gasteiger partial charge on any atom is 0.424 e. The number of likely N-dealkylation sites (tertiary alicyclic amines) is 1. The number of nitrogens with zero attached hydrogens (tertiary/aromatic N) is 1. The van der Waals surface area contributed by atoms with E-state index in [-0.39, 0.29) is 5.76 Å². The highest BCUT2D eigenvalue weighted by molar-refractivity contribution is 7.10. The van der Waals surface area contributed by atoms with Crippen LogP contribution in [0.1, 0.15) is 23.8 Å². The molecule has 2 atom stereocenters. The van der Waals surface area contributed by atoms with Gasteiger partial charge in [-0.05, 0) is 23.6 Å². The normalized spacial score (nSPS) is 22.1. The third kappa shape index (κ3) is 2.22. The van der Waals surface area contributed by atoms with Crippen LogP contribution in [0.3, 0.4) is 0 Å². The van der Waals surface area contributed by atoms with Gasteiger partial charge in [0.25, 0.3) is 0 Å². The zero-order valence-corrected chi connectivity index (χ0v) is 12.4. The molecule has 4 rings (SSSR count). The highest BCUT2D eigenvalue weighted by atomic mass is 32.1. The summed E-state index contributed by atoms with van der Waals surface area (Å²) in [6.07, 6.45) is 2.41. The Morgan fingerprint density at radius 1 is 1.29 bits per heavy atom. The van der Waals surface area contributed by atoms with Crippen molar-refractivity contribution >= 4 is 22.4 Å². The largest absolute Gasteiger partial charge is 0.424 e. The number of hydrogen-bond donors (Lipinski definition) is 1. The van der Waals surface area contributed by atoms with Crippen LogP contribution in [0.2, 0.25) is 0 Å². The summed E-state index contributed by atoms with van der Waals surface area (Å²) >= 11 is 1.81. The minimum atomic E-state index is -0.250. The van der Waals surface area contributed by atoms with Gasteiger partial charge >= 0.3 is 5.76 Å². The van der Waals surface area contributed by atoms with Crippen LogP contribution < -0.4 is 10.7 Å². The molecule has 0 amide bonds. The molecular formula is C16H17N2O2S+. The molecule has 1 aromatic carbocycles. The molecule has 3 aromatic rings. The molecule has 1 unspecified atom stereocenters. The second kappa shape index (κ2) is 5.16. The van der Waals surface area contributed by atoms with E-state index in [0.717, 1.165) is 12.1 Å². The van der Waals surface area contributed by atoms with Crippen LogP contribution in [0, 0.1) is 0 Å². The average Bonchev–Trinajstić information content (AvgIpc) is 3.20. The van der Waals surface area contributed by atoms with Crippen LogP contribution in [0.5, 0.6) is 0 Å². The van der Waals surface area contributed by atoms with Crippen molar-refractivity contribution in [2.45, 2.75) is 25.6 Å². The molecule has 1 N–H and O–H groups in total. The van der Waals surface area contributed by atoms with Crippen LogP contribution in [-0.4, -0.2) is 11.1 Å². The van der Waals surface area contributed by atoms with Crippen molar-refractivity contribution in [2.75, 3.05) is 6.54 Å². The predicted octanol–water partition coefficient (Wildman–Crippen LogP) is 2.03. The topological polar surface area (TPSA) is 39.6 Å². The van der Waals surface area contributed by atoms with Crippen molar-refractivity contribution in [3.8, 4) is 0 Å². The van der Waals surface area contributed by atoms with Gasteiger partial charge in [0, 0.05) is 12.8 Å². The SMILES string of the molecule is O=c1oc2ccccc2n1C[NH+]1CCC[C@H]1c1cccs1. The molecule has 4 nitrogen and oxygen atoms in total. The molecule has 3 heterocycles. The second-order valence-electron chi connectivity index (χ2n) is 5.54. The molecule has 1 fully saturated rings. The fourth-order valence-electron chi connectivity index (χ4n) is 3.30. The monoisotopic (exact) mass is 301 g/mol. The van der Waals surface area contributed by atoms with Gasteiger partial charge in [-0.1, -0.05) is 18.2 Å². The highest BCUT2D eigenvalue weighted by Crippen LogP contribution is 2.23. The molecule has 0 saturated carbocycles. The molecule has 0 aliphatic carbocycles. The van der Waals surface area contributed by atoms with Gasteiger partial charge in [0.1, 0.15) is 6.04 Å². The maximum atomic E-state index is 12.1. The van der Waals surface area contributed by atoms with Gasteiger partial charge < -0.3 is 9.32 Å². The molecule has 108 valence electrons. The lowest BCUT2D eigenvalue weighted by molar-refractivity contribution is -0.940. The van der Waals surface area contributed by atoms with E-state index in [1.165, 1.54) is 22.6 Å². The van der Waals surface area contributed by atoms with Crippen LogP contribution in [0.25, 0.3) is 11.1 Å². The molecule has 21 heavy (non-hydrogen) atoms. The van der Waals surface area contributed by atoms with Crippen LogP contribution in [-0.2, 0) is 6.67 Å². The minimum Gasteiger partial charge on any atom is -0.408 e. The van der Waals surface area contributed by atoms with E-state index >= 15 is 0 Å². The number of aromatic nitrogens is 1. The van der Waals surface area contributed by atoms with E-state index in [0.29, 0.717) is 18.3 Å². The first kappa shape index (κ1) is 12.9. The van der Waals surface area contributed by atoms with Gasteiger partial charge in [-0.25, -0.2) is 9.36 Å². The van der Waals surface area contributed by atoms with E-state index < -0.39 is 0 Å². The summed E-state index contributed by atoms with van der Waals surface area (Å²) in [4.78, 5) is 15.0. The number of rotatable bonds is 3. The van der Waals surface area contributed by atoms with E-state index in [2.05, 4.69) is 17.5 Å². The second-order valence-corrected chi connectivity index (χ2v) is 6.52. The molecule has 0 radical (unpaired) electrons. The molecule has 1 aliphatic heterocycles. The van der Waals surface area contributed by atoms with Crippen LogP contribution >= 0.6 is 11.3 Å². The van der Waals surface area contributed by atoms with Gasteiger partial charge in [0.15, 0.2) is 12.3 Å². The number of thiophene rings is 1. The van der Waals surface area contributed by atoms with E-state index in [9.17, 15) is 4.79 Å². The van der Waals surface area contributed by atoms with Crippen LogP contribution in [0.15, 0.2) is 51.0 Å². The standard InChI is InChI=1S/C16H16N2O2S/c19-16-18(12-5-1-2-7-14(12)20-16)11-17-9-3-6-13(17)15-8-4-10-21-15/h1-2,4-5,7-8,10,13H,3,6,9,11H2/p+1/t13-/m0/s1. The van der Waals surface area contributed by atoms with Crippen molar-refractivity contribution in [2.24, 2.45) is 0 Å². The Balaban J connectivity index is 1.68. The van der Waals surface area contributed by atoms with E-state index in [4.69, 9.17) is 4.42 Å². The van der Waals surface area contributed by atoms with Gasteiger partial charge in [-0.15, -0.1) is 11.3 Å². The summed E-state index contributed by atoms with van der Waals surface area (Å²) in [6, 6.07) is 12.5.